The third kappa shape index (κ3) is 4.34. The number of rotatable bonds is 6. The molecule has 1 aromatic carbocycles. The van der Waals surface area contributed by atoms with E-state index in [9.17, 15) is 9.59 Å². The first-order valence-corrected chi connectivity index (χ1v) is 9.82. The second-order valence-corrected chi connectivity index (χ2v) is 7.01. The van der Waals surface area contributed by atoms with Gasteiger partial charge in [0.1, 0.15) is 5.69 Å². The number of benzene rings is 1. The fourth-order valence-corrected chi connectivity index (χ4v) is 3.51. The third-order valence-corrected chi connectivity index (χ3v) is 4.99. The van der Waals surface area contributed by atoms with E-state index in [4.69, 9.17) is 0 Å². The smallest absolute Gasteiger partial charge is 0.287 e. The van der Waals surface area contributed by atoms with E-state index in [1.54, 1.807) is 6.20 Å². The molecule has 0 radical (unpaired) electrons. The van der Waals surface area contributed by atoms with E-state index in [2.05, 4.69) is 20.6 Å². The predicted molar refractivity (Wildman–Crippen MR) is 108 cm³/mol. The molecule has 0 atom stereocenters. The quantitative estimate of drug-likeness (QED) is 0.678. The molecular formula is C22H23N5O2. The number of nitrogens with one attached hydrogen (secondary N) is 2. The molecule has 2 N–H and O–H groups in total. The second-order valence-electron chi connectivity index (χ2n) is 7.01. The lowest BCUT2D eigenvalue weighted by atomic mass is 10.1. The molecule has 7 nitrogen and oxygen atoms in total. The average Bonchev–Trinajstić information content (AvgIpc) is 3.17. The Bertz CT molecular complexity index is 919. The van der Waals surface area contributed by atoms with Gasteiger partial charge >= 0.3 is 0 Å². The maximum atomic E-state index is 12.8. The van der Waals surface area contributed by atoms with E-state index in [0.717, 1.165) is 36.2 Å². The Kier molecular flexibility index (Phi) is 5.65. The normalized spacial score (nSPS) is 12.8. The second kappa shape index (κ2) is 8.68. The van der Waals surface area contributed by atoms with Crippen molar-refractivity contribution in [2.24, 2.45) is 0 Å². The van der Waals surface area contributed by atoms with E-state index >= 15 is 0 Å². The van der Waals surface area contributed by atoms with Crippen LogP contribution in [0.15, 0.2) is 54.7 Å². The summed E-state index contributed by atoms with van der Waals surface area (Å²) in [5.41, 5.74) is 2.96. The minimum Gasteiger partial charge on any atom is -0.345 e. The van der Waals surface area contributed by atoms with Crippen molar-refractivity contribution in [3.63, 3.8) is 0 Å². The highest BCUT2D eigenvalue weighted by atomic mass is 16.2. The fourth-order valence-electron chi connectivity index (χ4n) is 3.51. The lowest BCUT2D eigenvalue weighted by Gasteiger charge is -2.17. The molecule has 0 saturated carbocycles. The molecule has 4 rings (SSSR count). The third-order valence-electron chi connectivity index (χ3n) is 4.99. The van der Waals surface area contributed by atoms with Gasteiger partial charge in [0, 0.05) is 19.3 Å². The van der Waals surface area contributed by atoms with Crippen LogP contribution in [-0.4, -0.2) is 26.3 Å². The zero-order chi connectivity index (χ0) is 20.1. The van der Waals surface area contributed by atoms with E-state index in [1.807, 2.05) is 53.1 Å². The molecular weight excluding hydrogens is 366 g/mol. The highest BCUT2D eigenvalue weighted by Crippen LogP contribution is 2.21. The molecule has 3 aromatic rings. The highest BCUT2D eigenvalue weighted by Gasteiger charge is 2.27. The molecule has 0 aliphatic carbocycles. The largest absolute Gasteiger partial charge is 0.345 e. The number of aromatic nitrogens is 3. The maximum absolute atomic E-state index is 12.8. The summed E-state index contributed by atoms with van der Waals surface area (Å²) in [5, 5.41) is 5.78. The lowest BCUT2D eigenvalue weighted by molar-refractivity contribution is 0.0935. The van der Waals surface area contributed by atoms with Crippen molar-refractivity contribution < 1.29 is 9.59 Å². The van der Waals surface area contributed by atoms with Gasteiger partial charge in [0.15, 0.2) is 5.82 Å². The van der Waals surface area contributed by atoms with Crippen LogP contribution in [0, 0.1) is 0 Å². The number of fused-ring (bicyclic) bond motifs is 1. The van der Waals surface area contributed by atoms with Gasteiger partial charge in [-0.3, -0.25) is 14.6 Å². The zero-order valence-corrected chi connectivity index (χ0v) is 16.1. The van der Waals surface area contributed by atoms with E-state index in [-0.39, 0.29) is 11.8 Å². The van der Waals surface area contributed by atoms with Gasteiger partial charge in [-0.05, 0) is 37.0 Å². The van der Waals surface area contributed by atoms with Crippen LogP contribution in [0.2, 0.25) is 0 Å². The summed E-state index contributed by atoms with van der Waals surface area (Å²) in [4.78, 5) is 34.2. The topological polar surface area (TPSA) is 88.9 Å². The van der Waals surface area contributed by atoms with Crippen molar-refractivity contribution in [3.05, 3.63) is 83.2 Å². The molecule has 3 heterocycles. The standard InChI is InChI=1S/C22H23N5O2/c28-21(25-15-17-10-4-6-12-23-17)19-18-11-5-7-13-27(18)20(26-19)22(29)24-14-16-8-2-1-3-9-16/h1-4,6,8-10,12H,5,7,11,13-15H2,(H,24,29)(H,25,28). The molecule has 0 bridgehead atoms. The van der Waals surface area contributed by atoms with Crippen LogP contribution in [0.25, 0.3) is 0 Å². The number of nitrogens with zero attached hydrogens (tertiary/aromatic N) is 3. The number of carbonyl (C=O) groups is 2. The van der Waals surface area contributed by atoms with Crippen molar-refractivity contribution in [1.82, 2.24) is 25.2 Å². The Morgan fingerprint density at radius 2 is 1.72 bits per heavy atom. The molecule has 148 valence electrons. The van der Waals surface area contributed by atoms with Gasteiger partial charge in [-0.2, -0.15) is 0 Å². The van der Waals surface area contributed by atoms with Gasteiger partial charge in [-0.25, -0.2) is 4.98 Å². The monoisotopic (exact) mass is 389 g/mol. The van der Waals surface area contributed by atoms with E-state index < -0.39 is 0 Å². The van der Waals surface area contributed by atoms with Crippen LogP contribution >= 0.6 is 0 Å². The van der Waals surface area contributed by atoms with Crippen LogP contribution in [0.1, 0.15) is 50.9 Å². The Hall–Kier alpha value is -3.48. The Morgan fingerprint density at radius 1 is 0.931 bits per heavy atom. The average molecular weight is 389 g/mol. The number of imidazole rings is 1. The van der Waals surface area contributed by atoms with Gasteiger partial charge in [0.2, 0.25) is 0 Å². The van der Waals surface area contributed by atoms with Gasteiger partial charge in [-0.1, -0.05) is 36.4 Å². The zero-order valence-electron chi connectivity index (χ0n) is 16.1. The van der Waals surface area contributed by atoms with Crippen LogP contribution in [0.5, 0.6) is 0 Å². The highest BCUT2D eigenvalue weighted by molar-refractivity contribution is 5.97. The van der Waals surface area contributed by atoms with E-state index in [1.165, 1.54) is 0 Å². The number of hydrogen-bond donors (Lipinski definition) is 2. The summed E-state index contributed by atoms with van der Waals surface area (Å²) in [6, 6.07) is 15.3. The molecule has 1 aliphatic rings. The summed E-state index contributed by atoms with van der Waals surface area (Å²) in [6.45, 7) is 1.44. The van der Waals surface area contributed by atoms with Crippen LogP contribution in [0.4, 0.5) is 0 Å². The summed E-state index contributed by atoms with van der Waals surface area (Å²) in [5.74, 6) is -0.234. The number of pyridine rings is 1. The van der Waals surface area contributed by atoms with Crippen LogP contribution in [0.3, 0.4) is 0 Å². The molecule has 0 spiro atoms. The Labute approximate surface area is 169 Å². The first kappa shape index (κ1) is 18.9. The van der Waals surface area contributed by atoms with Gasteiger partial charge in [0.05, 0.1) is 17.9 Å². The van der Waals surface area contributed by atoms with Crippen LogP contribution < -0.4 is 10.6 Å². The minimum atomic E-state index is -0.275. The van der Waals surface area contributed by atoms with Crippen molar-refractivity contribution in [2.75, 3.05) is 0 Å². The van der Waals surface area contributed by atoms with Crippen LogP contribution in [-0.2, 0) is 26.1 Å². The van der Waals surface area contributed by atoms with Crippen molar-refractivity contribution in [2.45, 2.75) is 38.9 Å². The maximum Gasteiger partial charge on any atom is 0.287 e. The fraction of sp³-hybridized carbons (Fsp3) is 0.273. The van der Waals surface area contributed by atoms with Gasteiger partial charge < -0.3 is 15.2 Å². The van der Waals surface area contributed by atoms with Gasteiger partial charge in [-0.15, -0.1) is 0 Å². The number of hydrogen-bond acceptors (Lipinski definition) is 4. The molecule has 2 amide bonds. The first-order chi connectivity index (χ1) is 14.2. The molecule has 0 saturated heterocycles. The molecule has 1 aliphatic heterocycles. The Morgan fingerprint density at radius 3 is 2.52 bits per heavy atom. The van der Waals surface area contributed by atoms with Crippen molar-refractivity contribution in [3.8, 4) is 0 Å². The number of amides is 2. The molecule has 29 heavy (non-hydrogen) atoms. The molecule has 0 fully saturated rings. The lowest BCUT2D eigenvalue weighted by Crippen LogP contribution is -2.27. The predicted octanol–water partition coefficient (Wildman–Crippen LogP) is 2.47. The summed E-state index contributed by atoms with van der Waals surface area (Å²) in [6.07, 6.45) is 4.38. The minimum absolute atomic E-state index is 0.263. The first-order valence-electron chi connectivity index (χ1n) is 9.82. The number of carbonyl (C=O) groups excluding carboxylic acids is 2. The summed E-state index contributed by atoms with van der Waals surface area (Å²) < 4.78 is 1.89. The summed E-state index contributed by atoms with van der Waals surface area (Å²) in [7, 11) is 0. The molecule has 2 aromatic heterocycles. The molecule has 7 heteroatoms. The van der Waals surface area contributed by atoms with Crippen molar-refractivity contribution in [1.29, 1.82) is 0 Å². The SMILES string of the molecule is O=C(NCc1ccccn1)c1nc(C(=O)NCc2ccccc2)n2c1CCCC2. The molecule has 0 unspecified atom stereocenters. The van der Waals surface area contributed by atoms with Crippen molar-refractivity contribution >= 4 is 11.8 Å². The Balaban J connectivity index is 1.50. The van der Waals surface area contributed by atoms with E-state index in [0.29, 0.717) is 31.2 Å². The summed E-state index contributed by atoms with van der Waals surface area (Å²) >= 11 is 0. The van der Waals surface area contributed by atoms with Gasteiger partial charge in [0.25, 0.3) is 11.8 Å².